The molecule has 1 aromatic heterocycles. The number of rotatable bonds is 7. The van der Waals surface area contributed by atoms with E-state index in [0.29, 0.717) is 39.2 Å². The third-order valence-electron chi connectivity index (χ3n) is 6.55. The molecule has 10 heteroatoms. The Morgan fingerprint density at radius 1 is 1.12 bits per heavy atom. The molecule has 0 radical (unpaired) electrons. The zero-order valence-electron chi connectivity index (χ0n) is 22.1. The van der Waals surface area contributed by atoms with Crippen LogP contribution < -0.4 is 19.6 Å². The fourth-order valence-corrected chi connectivity index (χ4v) is 7.75. The summed E-state index contributed by atoms with van der Waals surface area (Å²) >= 11 is 5.78. The van der Waals surface area contributed by atoms with E-state index in [0.717, 1.165) is 29.6 Å². The van der Waals surface area contributed by atoms with Crippen molar-refractivity contribution in [3.05, 3.63) is 127 Å². The Labute approximate surface area is 267 Å². The molecule has 5 rings (SSSR count). The number of allylic oxidation sites excluding steroid dienone is 1. The van der Waals surface area contributed by atoms with Gasteiger partial charge in [0.05, 0.1) is 47.7 Å². The maximum atomic E-state index is 13.9. The van der Waals surface area contributed by atoms with Gasteiger partial charge in [-0.15, -0.1) is 0 Å². The van der Waals surface area contributed by atoms with Gasteiger partial charge in [-0.05, 0) is 98.6 Å². The van der Waals surface area contributed by atoms with Crippen LogP contribution in [0.1, 0.15) is 41.6 Å². The van der Waals surface area contributed by atoms with Crippen molar-refractivity contribution in [2.75, 3.05) is 7.11 Å². The molecule has 0 amide bonds. The molecular weight excluding hydrogens is 764 g/mol. The summed E-state index contributed by atoms with van der Waals surface area (Å²) in [4.78, 5) is 32.1. The smallest absolute Gasteiger partial charge is 0.338 e. The van der Waals surface area contributed by atoms with Crippen molar-refractivity contribution in [2.45, 2.75) is 26.0 Å². The number of carbonyl (C=O) groups is 1. The van der Waals surface area contributed by atoms with Crippen molar-refractivity contribution < 1.29 is 14.3 Å². The third-order valence-corrected chi connectivity index (χ3v) is 9.14. The molecule has 0 spiro atoms. The van der Waals surface area contributed by atoms with E-state index < -0.39 is 12.0 Å². The van der Waals surface area contributed by atoms with E-state index in [9.17, 15) is 9.59 Å². The van der Waals surface area contributed by atoms with Crippen LogP contribution in [-0.2, 0) is 16.1 Å². The number of carbonyl (C=O) groups excluding carboxylic acids is 1. The zero-order chi connectivity index (χ0) is 29.1. The van der Waals surface area contributed by atoms with Crippen LogP contribution in [0.3, 0.4) is 0 Å². The van der Waals surface area contributed by atoms with Crippen LogP contribution in [-0.4, -0.2) is 17.6 Å². The maximum absolute atomic E-state index is 13.9. The highest BCUT2D eigenvalue weighted by Crippen LogP contribution is 2.32. The molecule has 0 aliphatic carbocycles. The van der Waals surface area contributed by atoms with Gasteiger partial charge < -0.3 is 9.47 Å². The highest BCUT2D eigenvalue weighted by Gasteiger charge is 2.33. The highest BCUT2D eigenvalue weighted by molar-refractivity contribution is 14.1. The molecule has 41 heavy (non-hydrogen) atoms. The van der Waals surface area contributed by atoms with E-state index in [1.165, 1.54) is 18.4 Å². The zero-order valence-corrected chi connectivity index (χ0v) is 27.2. The van der Waals surface area contributed by atoms with Crippen molar-refractivity contribution in [2.24, 2.45) is 4.99 Å². The number of methoxy groups -OCH3 is 1. The van der Waals surface area contributed by atoms with E-state index in [1.54, 1.807) is 16.7 Å². The van der Waals surface area contributed by atoms with E-state index in [1.807, 2.05) is 67.6 Å². The summed E-state index contributed by atoms with van der Waals surface area (Å²) in [6.45, 7) is 2.31. The predicted octanol–water partition coefficient (Wildman–Crippen LogP) is 5.46. The first-order valence-electron chi connectivity index (χ1n) is 12.6. The molecule has 2 heterocycles. The quantitative estimate of drug-likeness (QED) is 0.184. The summed E-state index contributed by atoms with van der Waals surface area (Å²) in [6, 6.07) is 22.2. The van der Waals surface area contributed by atoms with Crippen LogP contribution in [0.15, 0.2) is 87.8 Å². The number of fused-ring (bicyclic) bond motifs is 1. The minimum Gasteiger partial charge on any atom is -0.487 e. The Hall–Kier alpha value is -3.28. The summed E-state index contributed by atoms with van der Waals surface area (Å²) in [5.41, 5.74) is 4.02. The monoisotopic (exact) mass is 787 g/mol. The Morgan fingerprint density at radius 3 is 2.41 bits per heavy atom. The minimum absolute atomic E-state index is 0.217. The van der Waals surface area contributed by atoms with Gasteiger partial charge in [-0.25, -0.2) is 9.79 Å². The third kappa shape index (κ3) is 6.02. The molecular formula is C31H23I2N3O4S. The maximum Gasteiger partial charge on any atom is 0.338 e. The van der Waals surface area contributed by atoms with Gasteiger partial charge in [0.2, 0.25) is 0 Å². The molecule has 0 N–H and O–H groups in total. The second-order valence-electron chi connectivity index (χ2n) is 9.11. The summed E-state index contributed by atoms with van der Waals surface area (Å²) in [5.74, 6) is 0.267. The van der Waals surface area contributed by atoms with E-state index in [-0.39, 0.29) is 5.56 Å². The Balaban J connectivity index is 1.54. The van der Waals surface area contributed by atoms with Gasteiger partial charge in [-0.2, -0.15) is 5.26 Å². The van der Waals surface area contributed by atoms with Gasteiger partial charge in [-0.1, -0.05) is 60.7 Å². The molecule has 0 saturated heterocycles. The van der Waals surface area contributed by atoms with Crippen LogP contribution in [0.4, 0.5) is 0 Å². The lowest BCUT2D eigenvalue weighted by Gasteiger charge is -2.25. The van der Waals surface area contributed by atoms with Crippen molar-refractivity contribution in [3.63, 3.8) is 0 Å². The number of benzene rings is 3. The van der Waals surface area contributed by atoms with Gasteiger partial charge in [0, 0.05) is 0 Å². The summed E-state index contributed by atoms with van der Waals surface area (Å²) in [5, 5.41) is 9.01. The Kier molecular flexibility index (Phi) is 9.06. The molecule has 3 aromatic carbocycles. The molecule has 1 aliphatic heterocycles. The first kappa shape index (κ1) is 29.2. The molecule has 1 aliphatic rings. The average Bonchev–Trinajstić information content (AvgIpc) is 3.30. The fourth-order valence-electron chi connectivity index (χ4n) is 4.60. The largest absolute Gasteiger partial charge is 0.487 e. The SMILES string of the molecule is CCC1=C(C(=O)OC)[C@@H](c2ccccc2)n2c(s/c(=C/c3cc(I)c(OCc4ccc(C#N)cc4)c(I)c3)c2=O)=N1. The average molecular weight is 787 g/mol. The summed E-state index contributed by atoms with van der Waals surface area (Å²) in [7, 11) is 1.34. The van der Waals surface area contributed by atoms with E-state index >= 15 is 0 Å². The molecule has 0 saturated carbocycles. The lowest BCUT2D eigenvalue weighted by Crippen LogP contribution is -2.40. The molecule has 1 atom stereocenters. The van der Waals surface area contributed by atoms with Crippen molar-refractivity contribution in [3.8, 4) is 11.8 Å². The summed E-state index contributed by atoms with van der Waals surface area (Å²) in [6.07, 6.45) is 2.38. The number of hydrogen-bond donors (Lipinski definition) is 0. The molecule has 206 valence electrons. The number of nitriles is 1. The van der Waals surface area contributed by atoms with Crippen LogP contribution in [0.2, 0.25) is 0 Å². The Bertz CT molecular complexity index is 1870. The van der Waals surface area contributed by atoms with Gasteiger partial charge in [0.15, 0.2) is 4.80 Å². The number of nitrogens with zero attached hydrogens (tertiary/aromatic N) is 3. The molecule has 0 bridgehead atoms. The normalized spacial score (nSPS) is 14.7. The lowest BCUT2D eigenvalue weighted by atomic mass is 9.95. The van der Waals surface area contributed by atoms with Crippen molar-refractivity contribution in [1.82, 2.24) is 4.57 Å². The fraction of sp³-hybridized carbons (Fsp3) is 0.161. The summed E-state index contributed by atoms with van der Waals surface area (Å²) < 4.78 is 15.2. The first-order valence-corrected chi connectivity index (χ1v) is 15.6. The van der Waals surface area contributed by atoms with Crippen LogP contribution in [0.25, 0.3) is 6.08 Å². The van der Waals surface area contributed by atoms with Crippen molar-refractivity contribution in [1.29, 1.82) is 5.26 Å². The first-order chi connectivity index (χ1) is 19.8. The molecule has 7 nitrogen and oxygen atoms in total. The molecule has 0 unspecified atom stereocenters. The number of esters is 1. The topological polar surface area (TPSA) is 93.7 Å². The predicted molar refractivity (Wildman–Crippen MR) is 174 cm³/mol. The van der Waals surface area contributed by atoms with Crippen LogP contribution in [0, 0.1) is 18.5 Å². The highest BCUT2D eigenvalue weighted by atomic mass is 127. The van der Waals surface area contributed by atoms with Gasteiger partial charge in [0.25, 0.3) is 5.56 Å². The van der Waals surface area contributed by atoms with Gasteiger partial charge in [-0.3, -0.25) is 9.36 Å². The van der Waals surface area contributed by atoms with Gasteiger partial charge in [0.1, 0.15) is 12.4 Å². The number of halogens is 2. The number of hydrogen-bond acceptors (Lipinski definition) is 7. The molecule has 4 aromatic rings. The van der Waals surface area contributed by atoms with E-state index in [2.05, 4.69) is 51.3 Å². The number of ether oxygens (including phenoxy) is 2. The second kappa shape index (κ2) is 12.7. The van der Waals surface area contributed by atoms with Crippen molar-refractivity contribution >= 4 is 68.6 Å². The number of thiazole rings is 1. The van der Waals surface area contributed by atoms with Crippen LogP contribution >= 0.6 is 56.5 Å². The Morgan fingerprint density at radius 2 is 1.80 bits per heavy atom. The van der Waals surface area contributed by atoms with E-state index in [4.69, 9.17) is 19.7 Å². The molecule has 0 fully saturated rings. The standard InChI is InChI=1S/C31H23I2N3O4S/c1-3-24-26(30(38)39-2)27(21-7-5-4-6-8-21)36-29(37)25(41-31(36)35-24)15-20-13-22(32)28(23(33)14-20)40-17-19-11-9-18(16-34)10-12-19/h4-15,27H,3,17H2,1-2H3/b25-15+/t27-/m1/s1. The van der Waals surface area contributed by atoms with Gasteiger partial charge >= 0.3 is 5.97 Å². The van der Waals surface area contributed by atoms with Crippen LogP contribution in [0.5, 0.6) is 5.75 Å². The minimum atomic E-state index is -0.629. The number of aromatic nitrogens is 1. The second-order valence-corrected chi connectivity index (χ2v) is 12.4. The lowest BCUT2D eigenvalue weighted by molar-refractivity contribution is -0.136.